The molecule has 4 nitrogen and oxygen atoms in total. The van der Waals surface area contributed by atoms with Crippen molar-refractivity contribution in [3.8, 4) is 11.3 Å². The summed E-state index contributed by atoms with van der Waals surface area (Å²) in [7, 11) is 0. The Balaban J connectivity index is 1.85. The topological polar surface area (TPSA) is 50.2 Å². The number of rotatable bonds is 4. The second-order valence-corrected chi connectivity index (χ2v) is 5.23. The predicted molar refractivity (Wildman–Crippen MR) is 94.5 cm³/mol. The third-order valence-electron chi connectivity index (χ3n) is 3.44. The molecular formula is C19H18N4. The van der Waals surface area contributed by atoms with Gasteiger partial charge in [0.2, 0.25) is 0 Å². The summed E-state index contributed by atoms with van der Waals surface area (Å²) >= 11 is 0. The molecule has 0 spiro atoms. The molecule has 0 aliphatic rings. The first-order valence-electron chi connectivity index (χ1n) is 7.49. The Kier molecular flexibility index (Phi) is 4.43. The van der Waals surface area contributed by atoms with Crippen LogP contribution in [-0.2, 0) is 0 Å². The lowest BCUT2D eigenvalue weighted by Crippen LogP contribution is -2.02. The van der Waals surface area contributed by atoms with Crippen LogP contribution in [0.5, 0.6) is 0 Å². The van der Waals surface area contributed by atoms with Crippen LogP contribution in [0.15, 0.2) is 71.8 Å². The summed E-state index contributed by atoms with van der Waals surface area (Å²) in [6.07, 6.45) is 0. The van der Waals surface area contributed by atoms with Crippen LogP contribution >= 0.6 is 0 Å². The van der Waals surface area contributed by atoms with E-state index in [1.165, 1.54) is 0 Å². The molecule has 23 heavy (non-hydrogen) atoms. The average Bonchev–Trinajstić information content (AvgIpc) is 2.61. The molecule has 0 aliphatic heterocycles. The number of aryl methyl sites for hydroxylation is 1. The minimum Gasteiger partial charge on any atom is -0.261 e. The Bertz CT molecular complexity index is 811. The lowest BCUT2D eigenvalue weighted by molar-refractivity contribution is 1.05. The van der Waals surface area contributed by atoms with Crippen LogP contribution in [0.1, 0.15) is 18.3 Å². The first-order chi connectivity index (χ1) is 11.2. The monoisotopic (exact) mass is 302 g/mol. The number of nitrogens with zero attached hydrogens (tertiary/aromatic N) is 3. The van der Waals surface area contributed by atoms with Gasteiger partial charge in [0.1, 0.15) is 11.6 Å². The fraction of sp³-hybridized carbons (Fsp3) is 0.105. The molecule has 1 N–H and O–H groups in total. The summed E-state index contributed by atoms with van der Waals surface area (Å²) in [6.45, 7) is 3.85. The van der Waals surface area contributed by atoms with E-state index in [0.29, 0.717) is 11.6 Å². The summed E-state index contributed by atoms with van der Waals surface area (Å²) in [5.74, 6) is 1.40. The van der Waals surface area contributed by atoms with Crippen LogP contribution in [0.4, 0.5) is 5.82 Å². The summed E-state index contributed by atoms with van der Waals surface area (Å²) in [5, 5.41) is 4.42. The molecule has 0 saturated carbocycles. The molecule has 2 aromatic carbocycles. The predicted octanol–water partition coefficient (Wildman–Crippen LogP) is 4.29. The van der Waals surface area contributed by atoms with Gasteiger partial charge in [-0.05, 0) is 19.4 Å². The standard InChI is InChI=1S/C19H18N4/c1-14(16-9-5-3-6-10-16)22-23-19-13-18(20-15(2)21-19)17-11-7-4-8-12-17/h3-13H,1-2H3,(H,20,21,23)/b22-14-. The van der Waals surface area contributed by atoms with Crippen molar-refractivity contribution in [2.24, 2.45) is 5.10 Å². The van der Waals surface area contributed by atoms with Crippen LogP contribution < -0.4 is 5.43 Å². The second kappa shape index (κ2) is 6.83. The molecule has 1 aromatic heterocycles. The van der Waals surface area contributed by atoms with Gasteiger partial charge in [-0.3, -0.25) is 5.43 Å². The van der Waals surface area contributed by atoms with Gasteiger partial charge in [-0.2, -0.15) is 5.10 Å². The van der Waals surface area contributed by atoms with Gasteiger partial charge < -0.3 is 0 Å². The van der Waals surface area contributed by atoms with Gasteiger partial charge in [0.25, 0.3) is 0 Å². The number of hydrazone groups is 1. The largest absolute Gasteiger partial charge is 0.261 e. The molecule has 0 saturated heterocycles. The van der Waals surface area contributed by atoms with Gasteiger partial charge in [0.05, 0.1) is 11.4 Å². The van der Waals surface area contributed by atoms with Gasteiger partial charge in [0, 0.05) is 11.6 Å². The maximum atomic E-state index is 4.49. The summed E-state index contributed by atoms with van der Waals surface area (Å²) in [6, 6.07) is 22.0. The molecule has 0 atom stereocenters. The van der Waals surface area contributed by atoms with Gasteiger partial charge in [0.15, 0.2) is 0 Å². The zero-order chi connectivity index (χ0) is 16.1. The maximum Gasteiger partial charge on any atom is 0.150 e. The Morgan fingerprint density at radius 3 is 2.26 bits per heavy atom. The molecule has 4 heteroatoms. The normalized spacial score (nSPS) is 11.3. The van der Waals surface area contributed by atoms with Crippen molar-refractivity contribution in [1.29, 1.82) is 0 Å². The highest BCUT2D eigenvalue weighted by molar-refractivity contribution is 5.98. The van der Waals surface area contributed by atoms with Gasteiger partial charge in [-0.15, -0.1) is 0 Å². The molecule has 114 valence electrons. The van der Waals surface area contributed by atoms with E-state index in [0.717, 1.165) is 22.5 Å². The molecule has 0 bridgehead atoms. The summed E-state index contributed by atoms with van der Waals surface area (Å²) in [4.78, 5) is 8.89. The lowest BCUT2D eigenvalue weighted by Gasteiger charge is -2.07. The minimum absolute atomic E-state index is 0.687. The van der Waals surface area contributed by atoms with E-state index >= 15 is 0 Å². The highest BCUT2D eigenvalue weighted by atomic mass is 15.3. The molecule has 0 amide bonds. The third-order valence-corrected chi connectivity index (χ3v) is 3.44. The number of aromatic nitrogens is 2. The van der Waals surface area contributed by atoms with Gasteiger partial charge in [-0.1, -0.05) is 60.7 Å². The van der Waals surface area contributed by atoms with E-state index in [9.17, 15) is 0 Å². The number of hydrogen-bond acceptors (Lipinski definition) is 4. The molecule has 0 fully saturated rings. The zero-order valence-corrected chi connectivity index (χ0v) is 13.2. The first kappa shape index (κ1) is 14.9. The van der Waals surface area contributed by atoms with Crippen LogP contribution in [0.25, 0.3) is 11.3 Å². The Hall–Kier alpha value is -3.01. The van der Waals surface area contributed by atoms with Gasteiger partial charge in [-0.25, -0.2) is 9.97 Å². The molecule has 0 radical (unpaired) electrons. The third kappa shape index (κ3) is 3.80. The fourth-order valence-corrected chi connectivity index (χ4v) is 2.27. The lowest BCUT2D eigenvalue weighted by atomic mass is 10.1. The van der Waals surface area contributed by atoms with Crippen molar-refractivity contribution >= 4 is 11.5 Å². The Morgan fingerprint density at radius 1 is 0.913 bits per heavy atom. The molecule has 3 rings (SSSR count). The van der Waals surface area contributed by atoms with Crippen molar-refractivity contribution in [3.05, 3.63) is 78.1 Å². The molecule has 1 heterocycles. The smallest absolute Gasteiger partial charge is 0.150 e. The van der Waals surface area contributed by atoms with Crippen molar-refractivity contribution < 1.29 is 0 Å². The van der Waals surface area contributed by atoms with Crippen molar-refractivity contribution in [2.75, 3.05) is 5.43 Å². The van der Waals surface area contributed by atoms with E-state index in [2.05, 4.69) is 20.5 Å². The second-order valence-electron chi connectivity index (χ2n) is 5.23. The average molecular weight is 302 g/mol. The van der Waals surface area contributed by atoms with Crippen LogP contribution in [-0.4, -0.2) is 15.7 Å². The maximum absolute atomic E-state index is 4.49. The van der Waals surface area contributed by atoms with E-state index in [4.69, 9.17) is 0 Å². The number of benzene rings is 2. The number of nitrogens with one attached hydrogen (secondary N) is 1. The van der Waals surface area contributed by atoms with E-state index < -0.39 is 0 Å². The molecule has 0 unspecified atom stereocenters. The first-order valence-corrected chi connectivity index (χ1v) is 7.49. The zero-order valence-electron chi connectivity index (χ0n) is 13.2. The Labute approximate surface area is 135 Å². The van der Waals surface area contributed by atoms with Crippen LogP contribution in [0.3, 0.4) is 0 Å². The molecular weight excluding hydrogens is 284 g/mol. The quantitative estimate of drug-likeness (QED) is 0.578. The van der Waals surface area contributed by atoms with Crippen molar-refractivity contribution in [3.63, 3.8) is 0 Å². The highest BCUT2D eigenvalue weighted by Gasteiger charge is 2.04. The van der Waals surface area contributed by atoms with Crippen LogP contribution in [0.2, 0.25) is 0 Å². The van der Waals surface area contributed by atoms with E-state index in [-0.39, 0.29) is 0 Å². The highest BCUT2D eigenvalue weighted by Crippen LogP contribution is 2.19. The fourth-order valence-electron chi connectivity index (χ4n) is 2.27. The summed E-state index contributed by atoms with van der Waals surface area (Å²) in [5.41, 5.74) is 6.96. The SMILES string of the molecule is C/C(=N/Nc1cc(-c2ccccc2)nc(C)n1)c1ccccc1. The van der Waals surface area contributed by atoms with Crippen molar-refractivity contribution in [1.82, 2.24) is 9.97 Å². The van der Waals surface area contributed by atoms with Crippen LogP contribution in [0, 0.1) is 6.92 Å². The Morgan fingerprint density at radius 2 is 1.57 bits per heavy atom. The van der Waals surface area contributed by atoms with Crippen molar-refractivity contribution in [2.45, 2.75) is 13.8 Å². The molecule has 0 aliphatic carbocycles. The molecule has 3 aromatic rings. The minimum atomic E-state index is 0.687. The number of anilines is 1. The van der Waals surface area contributed by atoms with Gasteiger partial charge >= 0.3 is 0 Å². The van der Waals surface area contributed by atoms with E-state index in [1.54, 1.807) is 0 Å². The van der Waals surface area contributed by atoms with E-state index in [1.807, 2.05) is 80.6 Å². The summed E-state index contributed by atoms with van der Waals surface area (Å²) < 4.78 is 0. The number of hydrogen-bond donors (Lipinski definition) is 1.